The molecule has 1 atom stereocenters. The van der Waals surface area contributed by atoms with Crippen molar-refractivity contribution in [1.29, 1.82) is 0 Å². The highest BCUT2D eigenvalue weighted by Crippen LogP contribution is 2.21. The van der Waals surface area contributed by atoms with Crippen LogP contribution in [0.1, 0.15) is 25.3 Å². The monoisotopic (exact) mass is 237 g/mol. The molecule has 1 unspecified atom stereocenters. The van der Waals surface area contributed by atoms with Gasteiger partial charge < -0.3 is 0 Å². The van der Waals surface area contributed by atoms with Crippen LogP contribution in [0.2, 0.25) is 5.02 Å². The quantitative estimate of drug-likeness (QED) is 0.789. The Morgan fingerprint density at radius 1 is 1.44 bits per heavy atom. The van der Waals surface area contributed by atoms with E-state index >= 15 is 0 Å². The van der Waals surface area contributed by atoms with E-state index in [0.29, 0.717) is 24.7 Å². The van der Waals surface area contributed by atoms with Gasteiger partial charge in [-0.05, 0) is 18.6 Å². The van der Waals surface area contributed by atoms with Crippen LogP contribution in [0.3, 0.4) is 0 Å². The number of nitrogens with zero attached hydrogens (tertiary/aromatic N) is 1. The Hall–Kier alpha value is -0.860. The van der Waals surface area contributed by atoms with E-state index in [9.17, 15) is 4.79 Å². The lowest BCUT2D eigenvalue weighted by Crippen LogP contribution is -2.40. The maximum Gasteiger partial charge on any atom is 0.135 e. The van der Waals surface area contributed by atoms with Crippen molar-refractivity contribution in [1.82, 2.24) is 4.90 Å². The molecule has 0 radical (unpaired) electrons. The molecule has 1 aromatic carbocycles. The topological polar surface area (TPSA) is 20.3 Å². The summed E-state index contributed by atoms with van der Waals surface area (Å²) in [5, 5.41) is 0.812. The van der Waals surface area contributed by atoms with Gasteiger partial charge in [-0.1, -0.05) is 29.8 Å². The molecule has 0 aromatic heterocycles. The van der Waals surface area contributed by atoms with Gasteiger partial charge in [0.1, 0.15) is 5.78 Å². The molecule has 0 bridgehead atoms. The zero-order valence-electron chi connectivity index (χ0n) is 9.45. The fraction of sp³-hybridized carbons (Fsp3) is 0.462. The number of rotatable bonds is 2. The summed E-state index contributed by atoms with van der Waals surface area (Å²) in [6, 6.07) is 8.23. The summed E-state index contributed by atoms with van der Waals surface area (Å²) >= 11 is 6.13. The second-order valence-electron chi connectivity index (χ2n) is 4.40. The van der Waals surface area contributed by atoms with E-state index in [4.69, 9.17) is 11.6 Å². The average Bonchev–Trinajstić information content (AvgIpc) is 2.25. The van der Waals surface area contributed by atoms with Gasteiger partial charge in [0.15, 0.2) is 0 Å². The molecule has 1 aromatic rings. The smallest absolute Gasteiger partial charge is 0.135 e. The second kappa shape index (κ2) is 4.98. The maximum atomic E-state index is 11.3. The predicted molar refractivity (Wildman–Crippen MR) is 65.6 cm³/mol. The van der Waals surface area contributed by atoms with E-state index in [1.807, 2.05) is 24.3 Å². The largest absolute Gasteiger partial charge is 0.300 e. The molecular weight excluding hydrogens is 222 g/mol. The zero-order valence-corrected chi connectivity index (χ0v) is 10.2. The minimum absolute atomic E-state index is 0.331. The highest BCUT2D eigenvalue weighted by atomic mass is 35.5. The summed E-state index contributed by atoms with van der Waals surface area (Å²) in [5.41, 5.74) is 1.14. The summed E-state index contributed by atoms with van der Waals surface area (Å²) in [4.78, 5) is 13.6. The minimum Gasteiger partial charge on any atom is -0.300 e. The molecule has 0 saturated carbocycles. The lowest BCUT2D eigenvalue weighted by molar-refractivity contribution is -0.123. The van der Waals surface area contributed by atoms with Crippen molar-refractivity contribution in [2.75, 3.05) is 6.54 Å². The Morgan fingerprint density at radius 2 is 2.19 bits per heavy atom. The first kappa shape index (κ1) is 11.6. The van der Waals surface area contributed by atoms with Gasteiger partial charge in [-0.3, -0.25) is 9.69 Å². The fourth-order valence-corrected chi connectivity index (χ4v) is 2.33. The third kappa shape index (κ3) is 2.63. The molecule has 0 aliphatic carbocycles. The molecule has 0 amide bonds. The van der Waals surface area contributed by atoms with Crippen molar-refractivity contribution in [2.24, 2.45) is 0 Å². The van der Waals surface area contributed by atoms with Gasteiger partial charge in [-0.25, -0.2) is 0 Å². The van der Waals surface area contributed by atoms with Crippen LogP contribution in [0.4, 0.5) is 0 Å². The Labute approximate surface area is 101 Å². The first-order valence-corrected chi connectivity index (χ1v) is 6.04. The lowest BCUT2D eigenvalue weighted by Gasteiger charge is -2.32. The Balaban J connectivity index is 2.05. The third-order valence-electron chi connectivity index (χ3n) is 3.16. The standard InChI is InChI=1S/C13H16ClNO/c1-10-8-12(16)6-7-15(10)9-11-4-2-3-5-13(11)14/h2-5,10H,6-9H2,1H3. The number of likely N-dealkylation sites (tertiary alicyclic amines) is 1. The van der Waals surface area contributed by atoms with Crippen molar-refractivity contribution in [3.8, 4) is 0 Å². The third-order valence-corrected chi connectivity index (χ3v) is 3.52. The van der Waals surface area contributed by atoms with Gasteiger partial charge in [0.05, 0.1) is 0 Å². The highest BCUT2D eigenvalue weighted by Gasteiger charge is 2.23. The Morgan fingerprint density at radius 3 is 2.88 bits per heavy atom. The normalized spacial score (nSPS) is 22.4. The fourth-order valence-electron chi connectivity index (χ4n) is 2.13. The van der Waals surface area contributed by atoms with Crippen LogP contribution in [-0.2, 0) is 11.3 Å². The lowest BCUT2D eigenvalue weighted by atomic mass is 10.0. The van der Waals surface area contributed by atoms with Crippen LogP contribution in [0.15, 0.2) is 24.3 Å². The predicted octanol–water partition coefficient (Wildman–Crippen LogP) is 2.89. The molecule has 2 nitrogen and oxygen atoms in total. The first-order chi connectivity index (χ1) is 7.66. The molecule has 0 spiro atoms. The van der Waals surface area contributed by atoms with Crippen LogP contribution in [-0.4, -0.2) is 23.3 Å². The SMILES string of the molecule is CC1CC(=O)CCN1Cc1ccccc1Cl. The average molecular weight is 238 g/mol. The van der Waals surface area contributed by atoms with Crippen molar-refractivity contribution in [2.45, 2.75) is 32.4 Å². The minimum atomic E-state index is 0.331. The number of carbonyl (C=O) groups is 1. The summed E-state index contributed by atoms with van der Waals surface area (Å²) < 4.78 is 0. The molecular formula is C13H16ClNO. The molecule has 3 heteroatoms. The molecule has 1 aliphatic heterocycles. The maximum absolute atomic E-state index is 11.3. The van der Waals surface area contributed by atoms with E-state index in [-0.39, 0.29) is 0 Å². The van der Waals surface area contributed by atoms with Crippen LogP contribution in [0.5, 0.6) is 0 Å². The van der Waals surface area contributed by atoms with Gasteiger partial charge in [0, 0.05) is 37.0 Å². The van der Waals surface area contributed by atoms with Gasteiger partial charge in [0.2, 0.25) is 0 Å². The van der Waals surface area contributed by atoms with E-state index in [0.717, 1.165) is 23.7 Å². The van der Waals surface area contributed by atoms with Gasteiger partial charge in [-0.15, -0.1) is 0 Å². The van der Waals surface area contributed by atoms with Crippen molar-refractivity contribution in [3.05, 3.63) is 34.9 Å². The van der Waals surface area contributed by atoms with E-state index in [2.05, 4.69) is 11.8 Å². The number of hydrogen-bond donors (Lipinski definition) is 0. The molecule has 86 valence electrons. The number of Topliss-reactive ketones (excluding diaryl/α,β-unsaturated/α-hetero) is 1. The summed E-state index contributed by atoms with van der Waals surface area (Å²) in [6.07, 6.45) is 1.35. The van der Waals surface area contributed by atoms with E-state index in [1.165, 1.54) is 0 Å². The number of ketones is 1. The van der Waals surface area contributed by atoms with Crippen LogP contribution in [0, 0.1) is 0 Å². The number of halogens is 1. The molecule has 1 aliphatic rings. The molecule has 16 heavy (non-hydrogen) atoms. The number of benzene rings is 1. The van der Waals surface area contributed by atoms with E-state index in [1.54, 1.807) is 0 Å². The molecule has 1 heterocycles. The zero-order chi connectivity index (χ0) is 11.5. The van der Waals surface area contributed by atoms with Gasteiger partial charge in [-0.2, -0.15) is 0 Å². The van der Waals surface area contributed by atoms with E-state index < -0.39 is 0 Å². The molecule has 1 saturated heterocycles. The summed E-state index contributed by atoms with van der Waals surface area (Å²) in [7, 11) is 0. The number of hydrogen-bond acceptors (Lipinski definition) is 2. The molecule has 0 N–H and O–H groups in total. The van der Waals surface area contributed by atoms with Crippen LogP contribution < -0.4 is 0 Å². The highest BCUT2D eigenvalue weighted by molar-refractivity contribution is 6.31. The Kier molecular flexibility index (Phi) is 3.62. The van der Waals surface area contributed by atoms with Crippen LogP contribution >= 0.6 is 11.6 Å². The van der Waals surface area contributed by atoms with Gasteiger partial charge >= 0.3 is 0 Å². The Bertz CT molecular complexity index is 391. The van der Waals surface area contributed by atoms with Gasteiger partial charge in [0.25, 0.3) is 0 Å². The van der Waals surface area contributed by atoms with Crippen molar-refractivity contribution in [3.63, 3.8) is 0 Å². The second-order valence-corrected chi connectivity index (χ2v) is 4.81. The first-order valence-electron chi connectivity index (χ1n) is 5.66. The summed E-state index contributed by atoms with van der Waals surface area (Å²) in [5.74, 6) is 0.378. The molecule has 1 fully saturated rings. The van der Waals surface area contributed by atoms with Crippen molar-refractivity contribution >= 4 is 17.4 Å². The number of carbonyl (C=O) groups excluding carboxylic acids is 1. The van der Waals surface area contributed by atoms with Crippen LogP contribution in [0.25, 0.3) is 0 Å². The van der Waals surface area contributed by atoms with Crippen molar-refractivity contribution < 1.29 is 4.79 Å². The summed E-state index contributed by atoms with van der Waals surface area (Å²) in [6.45, 7) is 3.80. The molecule has 2 rings (SSSR count). The number of piperidine rings is 1.